The van der Waals surface area contributed by atoms with Crippen molar-refractivity contribution in [3.63, 3.8) is 0 Å². The van der Waals surface area contributed by atoms with Gasteiger partial charge in [0.1, 0.15) is 28.8 Å². The Morgan fingerprint density at radius 1 is 1.03 bits per heavy atom. The Labute approximate surface area is 221 Å². The second kappa shape index (κ2) is 9.82. The molecule has 4 aromatic rings. The number of benzene rings is 3. The number of rotatable bonds is 6. The number of amidine groups is 1. The third-order valence-electron chi connectivity index (χ3n) is 7.11. The number of fused-ring (bicyclic) bond motifs is 1. The predicted molar refractivity (Wildman–Crippen MR) is 148 cm³/mol. The molecule has 4 nitrogen and oxygen atoms in total. The average Bonchev–Trinajstić information content (AvgIpc) is 3.18. The van der Waals surface area contributed by atoms with Crippen LogP contribution >= 0.6 is 0 Å². The highest BCUT2D eigenvalue weighted by Crippen LogP contribution is 2.38. The number of hydrogen-bond donors (Lipinski definition) is 0. The van der Waals surface area contributed by atoms with Gasteiger partial charge in [-0.15, -0.1) is 0 Å². The van der Waals surface area contributed by atoms with Crippen molar-refractivity contribution in [1.82, 2.24) is 4.90 Å². The highest BCUT2D eigenvalue weighted by Gasteiger charge is 2.40. The minimum absolute atomic E-state index is 0.00641. The number of hydrogen-bond acceptors (Lipinski definition) is 4. The average molecular weight is 515 g/mol. The molecule has 0 radical (unpaired) electrons. The zero-order chi connectivity index (χ0) is 27.2. The maximum Gasteiger partial charge on any atom is 0.196 e. The minimum atomic E-state index is -0.469. The molecule has 0 fully saturated rings. The summed E-state index contributed by atoms with van der Waals surface area (Å²) in [6.07, 6.45) is 0.373. The lowest BCUT2D eigenvalue weighted by Crippen LogP contribution is -2.39. The summed E-state index contributed by atoms with van der Waals surface area (Å²) in [5.74, 6) is 0.370. The number of aryl methyl sites for hydroxylation is 1. The molecular weight excluding hydrogens is 482 g/mol. The van der Waals surface area contributed by atoms with Crippen molar-refractivity contribution in [3.05, 3.63) is 117 Å². The molecule has 1 aliphatic rings. The first kappa shape index (κ1) is 25.8. The first-order valence-corrected chi connectivity index (χ1v) is 13.0. The van der Waals surface area contributed by atoms with Crippen LogP contribution in [0.3, 0.4) is 0 Å². The van der Waals surface area contributed by atoms with Gasteiger partial charge < -0.3 is 9.32 Å². The summed E-state index contributed by atoms with van der Waals surface area (Å²) in [7, 11) is 0. The van der Waals surface area contributed by atoms with Gasteiger partial charge in [-0.1, -0.05) is 56.3 Å². The Kier molecular flexibility index (Phi) is 6.68. The molecule has 0 saturated heterocycles. The molecule has 6 heteroatoms. The zero-order valence-electron chi connectivity index (χ0n) is 22.4. The maximum absolute atomic E-state index is 14.6. The fourth-order valence-electron chi connectivity index (χ4n) is 5.30. The van der Waals surface area contributed by atoms with Crippen molar-refractivity contribution in [2.75, 3.05) is 6.54 Å². The van der Waals surface area contributed by atoms with E-state index in [0.717, 1.165) is 5.56 Å². The lowest BCUT2D eigenvalue weighted by molar-refractivity contribution is 0.210. The Morgan fingerprint density at radius 3 is 2.45 bits per heavy atom. The molecule has 1 aromatic heterocycles. The summed E-state index contributed by atoms with van der Waals surface area (Å²) < 4.78 is 35.3. The van der Waals surface area contributed by atoms with Gasteiger partial charge in [0.05, 0.1) is 17.0 Å². The standard InChI is InChI=1S/C32H32F2N2O2/c1-19(2)28(36-18-32(4,5)35-31(36)22-12-11-20(3)26(34)16-22)30-25(15-21-9-7-6-8-10-21)29(37)24-14-13-23(33)17-27(24)38-30/h6-14,16-17,19,28H,15,18H2,1-5H3. The van der Waals surface area contributed by atoms with Gasteiger partial charge in [0.25, 0.3) is 0 Å². The van der Waals surface area contributed by atoms with Gasteiger partial charge in [-0.25, -0.2) is 8.78 Å². The summed E-state index contributed by atoms with van der Waals surface area (Å²) in [5, 5.41) is 0.347. The normalized spacial score (nSPS) is 15.8. The van der Waals surface area contributed by atoms with Crippen LogP contribution in [0.15, 0.2) is 80.9 Å². The van der Waals surface area contributed by atoms with Crippen LogP contribution in [-0.4, -0.2) is 22.8 Å². The van der Waals surface area contributed by atoms with Crippen molar-refractivity contribution in [2.24, 2.45) is 10.9 Å². The van der Waals surface area contributed by atoms with Crippen LogP contribution in [0.5, 0.6) is 0 Å². The van der Waals surface area contributed by atoms with E-state index < -0.39 is 11.4 Å². The molecule has 38 heavy (non-hydrogen) atoms. The van der Waals surface area contributed by atoms with Crippen LogP contribution in [0.1, 0.15) is 61.8 Å². The van der Waals surface area contributed by atoms with Crippen molar-refractivity contribution in [1.29, 1.82) is 0 Å². The molecule has 0 amide bonds. The lowest BCUT2D eigenvalue weighted by atomic mass is 9.91. The predicted octanol–water partition coefficient (Wildman–Crippen LogP) is 7.21. The lowest BCUT2D eigenvalue weighted by Gasteiger charge is -2.35. The molecule has 3 aromatic carbocycles. The van der Waals surface area contributed by atoms with E-state index in [4.69, 9.17) is 9.41 Å². The van der Waals surface area contributed by atoms with E-state index >= 15 is 0 Å². The molecule has 5 rings (SSSR count). The quantitative estimate of drug-likeness (QED) is 0.273. The van der Waals surface area contributed by atoms with Crippen molar-refractivity contribution < 1.29 is 13.2 Å². The highest BCUT2D eigenvalue weighted by atomic mass is 19.1. The number of halogens is 2. The van der Waals surface area contributed by atoms with Gasteiger partial charge in [0.2, 0.25) is 0 Å². The van der Waals surface area contributed by atoms with Gasteiger partial charge in [0.15, 0.2) is 5.43 Å². The van der Waals surface area contributed by atoms with E-state index in [2.05, 4.69) is 18.7 Å². The Balaban J connectivity index is 1.73. The molecular formula is C32H32F2N2O2. The van der Waals surface area contributed by atoms with E-state index in [9.17, 15) is 13.6 Å². The molecule has 1 aliphatic heterocycles. The molecule has 2 heterocycles. The van der Waals surface area contributed by atoms with Gasteiger partial charge in [-0.2, -0.15) is 0 Å². The fraction of sp³-hybridized carbons (Fsp3) is 0.312. The monoisotopic (exact) mass is 514 g/mol. The third-order valence-corrected chi connectivity index (χ3v) is 7.11. The molecule has 196 valence electrons. The van der Waals surface area contributed by atoms with E-state index in [1.54, 1.807) is 13.0 Å². The van der Waals surface area contributed by atoms with E-state index in [1.165, 1.54) is 24.3 Å². The molecule has 0 saturated carbocycles. The molecule has 0 N–H and O–H groups in total. The van der Waals surface area contributed by atoms with E-state index in [-0.39, 0.29) is 28.8 Å². The van der Waals surface area contributed by atoms with Crippen molar-refractivity contribution in [3.8, 4) is 0 Å². The molecule has 1 atom stereocenters. The molecule has 0 bridgehead atoms. The first-order valence-electron chi connectivity index (χ1n) is 13.0. The first-order chi connectivity index (χ1) is 18.0. The minimum Gasteiger partial charge on any atom is -0.458 e. The largest absolute Gasteiger partial charge is 0.458 e. The van der Waals surface area contributed by atoms with Gasteiger partial charge in [0, 0.05) is 30.2 Å². The Morgan fingerprint density at radius 2 is 1.76 bits per heavy atom. The summed E-state index contributed by atoms with van der Waals surface area (Å²) >= 11 is 0. The zero-order valence-corrected chi connectivity index (χ0v) is 22.4. The highest BCUT2D eigenvalue weighted by molar-refractivity contribution is 6.00. The second-order valence-electron chi connectivity index (χ2n) is 11.1. The van der Waals surface area contributed by atoms with E-state index in [1.807, 2.05) is 50.2 Å². The number of aliphatic imine (C=N–C) groups is 1. The Hall–Kier alpha value is -3.80. The van der Waals surface area contributed by atoms with Crippen molar-refractivity contribution >= 4 is 16.8 Å². The van der Waals surface area contributed by atoms with Gasteiger partial charge in [-0.05, 0) is 56.0 Å². The van der Waals surface area contributed by atoms with Crippen LogP contribution in [-0.2, 0) is 6.42 Å². The van der Waals surface area contributed by atoms with Crippen LogP contribution in [0.25, 0.3) is 11.0 Å². The molecule has 1 unspecified atom stereocenters. The van der Waals surface area contributed by atoms with E-state index in [0.29, 0.717) is 46.6 Å². The fourth-order valence-corrected chi connectivity index (χ4v) is 5.30. The summed E-state index contributed by atoms with van der Waals surface area (Å²) in [6.45, 7) is 10.5. The van der Waals surface area contributed by atoms with Crippen LogP contribution in [0.4, 0.5) is 8.78 Å². The SMILES string of the molecule is Cc1ccc(C2=NC(C)(C)CN2C(c2oc3cc(F)ccc3c(=O)c2Cc2ccccc2)C(C)C)cc1F. The van der Waals surface area contributed by atoms with Crippen LogP contribution in [0.2, 0.25) is 0 Å². The number of nitrogens with zero attached hydrogens (tertiary/aromatic N) is 2. The van der Waals surface area contributed by atoms with Gasteiger partial charge >= 0.3 is 0 Å². The van der Waals surface area contributed by atoms with Crippen LogP contribution < -0.4 is 5.43 Å². The Bertz CT molecular complexity index is 1590. The summed E-state index contributed by atoms with van der Waals surface area (Å²) in [5.41, 5.74) is 2.34. The molecule has 0 spiro atoms. The van der Waals surface area contributed by atoms with Crippen LogP contribution in [0, 0.1) is 24.5 Å². The summed E-state index contributed by atoms with van der Waals surface area (Å²) in [6, 6.07) is 18.5. The second-order valence-corrected chi connectivity index (χ2v) is 11.1. The molecule has 0 aliphatic carbocycles. The topological polar surface area (TPSA) is 45.8 Å². The van der Waals surface area contributed by atoms with Crippen molar-refractivity contribution in [2.45, 2.75) is 52.6 Å². The van der Waals surface area contributed by atoms with Gasteiger partial charge in [-0.3, -0.25) is 9.79 Å². The third kappa shape index (κ3) is 4.87. The smallest absolute Gasteiger partial charge is 0.196 e. The summed E-state index contributed by atoms with van der Waals surface area (Å²) in [4.78, 5) is 21.0. The maximum atomic E-state index is 14.6.